The minimum atomic E-state index is 0.349. The number of aryl methyl sites for hydroxylation is 1. The molecule has 78 valence electrons. The first-order valence-electron chi connectivity index (χ1n) is 4.20. The van der Waals surface area contributed by atoms with Crippen LogP contribution in [0.4, 0.5) is 0 Å². The van der Waals surface area contributed by atoms with E-state index in [1.807, 2.05) is 6.92 Å². The predicted octanol–water partition coefficient (Wildman–Crippen LogP) is 1.05. The summed E-state index contributed by atoms with van der Waals surface area (Å²) in [6, 6.07) is 0. The van der Waals surface area contributed by atoms with Gasteiger partial charge in [-0.15, -0.1) is 0 Å². The van der Waals surface area contributed by atoms with E-state index in [2.05, 4.69) is 22.5 Å². The van der Waals surface area contributed by atoms with Gasteiger partial charge in [0.05, 0.1) is 11.4 Å². The second-order valence-corrected chi connectivity index (χ2v) is 4.25. The molecule has 0 amide bonds. The highest BCUT2D eigenvalue weighted by Gasteiger charge is 2.02. The van der Waals surface area contributed by atoms with E-state index in [-0.39, 0.29) is 0 Å². The summed E-state index contributed by atoms with van der Waals surface area (Å²) in [7, 11) is 0. The highest BCUT2D eigenvalue weighted by Crippen LogP contribution is 2.14. The lowest BCUT2D eigenvalue weighted by molar-refractivity contribution is 0.522. The molecule has 0 unspecified atom stereocenters. The van der Waals surface area contributed by atoms with Crippen molar-refractivity contribution in [2.75, 3.05) is 12.3 Å². The fourth-order valence-corrected chi connectivity index (χ4v) is 1.83. The number of nitrogens with one attached hydrogen (secondary N) is 1. The van der Waals surface area contributed by atoms with Gasteiger partial charge in [0.1, 0.15) is 5.76 Å². The average molecular weight is 231 g/mol. The molecule has 14 heavy (non-hydrogen) atoms. The van der Waals surface area contributed by atoms with Gasteiger partial charge in [0.2, 0.25) is 0 Å². The molecule has 4 nitrogen and oxygen atoms in total. The molecule has 0 saturated carbocycles. The van der Waals surface area contributed by atoms with E-state index in [1.54, 1.807) is 11.8 Å². The van der Waals surface area contributed by atoms with Crippen LogP contribution in [0.5, 0.6) is 0 Å². The second-order valence-electron chi connectivity index (χ2n) is 2.70. The van der Waals surface area contributed by atoms with E-state index in [4.69, 9.17) is 10.2 Å². The smallest absolute Gasteiger partial charge is 0.181 e. The third-order valence-corrected chi connectivity index (χ3v) is 2.73. The summed E-state index contributed by atoms with van der Waals surface area (Å²) in [5.41, 5.74) is 6.23. The van der Waals surface area contributed by atoms with Crippen LogP contribution >= 0.6 is 24.0 Å². The highest BCUT2D eigenvalue weighted by molar-refractivity contribution is 7.98. The Bertz CT molecular complexity index is 301. The first-order chi connectivity index (χ1) is 6.70. The number of aromatic nitrogens is 1. The zero-order valence-corrected chi connectivity index (χ0v) is 9.58. The fraction of sp³-hybridized carbons (Fsp3) is 0.500. The Morgan fingerprint density at radius 3 is 3.14 bits per heavy atom. The number of hydrogen-bond donors (Lipinski definition) is 2. The molecule has 0 spiro atoms. The third kappa shape index (κ3) is 3.97. The van der Waals surface area contributed by atoms with Crippen LogP contribution in [0.25, 0.3) is 0 Å². The maximum Gasteiger partial charge on any atom is 0.181 e. The van der Waals surface area contributed by atoms with Crippen molar-refractivity contribution < 1.29 is 4.42 Å². The van der Waals surface area contributed by atoms with Crippen LogP contribution in [0.2, 0.25) is 0 Å². The molecular weight excluding hydrogens is 218 g/mol. The Morgan fingerprint density at radius 2 is 2.57 bits per heavy atom. The van der Waals surface area contributed by atoms with Crippen molar-refractivity contribution in [2.24, 2.45) is 5.73 Å². The number of rotatable bonds is 5. The number of thioether (sulfide) groups is 1. The second kappa shape index (κ2) is 5.87. The normalized spacial score (nSPS) is 10.1. The summed E-state index contributed by atoms with van der Waals surface area (Å²) in [5, 5.41) is 3.23. The Morgan fingerprint density at radius 1 is 1.79 bits per heavy atom. The summed E-state index contributed by atoms with van der Waals surface area (Å²) in [6.45, 7) is 2.72. The molecule has 0 aliphatic heterocycles. The van der Waals surface area contributed by atoms with Gasteiger partial charge in [0.15, 0.2) is 11.5 Å². The SMILES string of the molecule is Cc1ncoc1CSCCNC(N)=S. The standard InChI is InChI=1S/C8H13N3OS2/c1-6-7(12-5-11-6)4-14-3-2-10-8(9)13/h5H,2-4H2,1H3,(H3,9,10,13). The van der Waals surface area contributed by atoms with Gasteiger partial charge in [0, 0.05) is 12.3 Å². The summed E-state index contributed by atoms with van der Waals surface area (Å²) in [4.78, 5) is 4.01. The van der Waals surface area contributed by atoms with E-state index in [0.29, 0.717) is 5.11 Å². The Hall–Kier alpha value is -0.750. The molecule has 6 heteroatoms. The first-order valence-corrected chi connectivity index (χ1v) is 5.76. The molecule has 0 aliphatic carbocycles. The van der Waals surface area contributed by atoms with Gasteiger partial charge in [0.25, 0.3) is 0 Å². The average Bonchev–Trinajstić information content (AvgIpc) is 2.51. The molecule has 0 atom stereocenters. The van der Waals surface area contributed by atoms with Gasteiger partial charge in [-0.05, 0) is 19.1 Å². The van der Waals surface area contributed by atoms with Crippen LogP contribution in [0.1, 0.15) is 11.5 Å². The van der Waals surface area contributed by atoms with Gasteiger partial charge in [-0.25, -0.2) is 4.98 Å². The molecule has 3 N–H and O–H groups in total. The zero-order chi connectivity index (χ0) is 10.4. The number of hydrogen-bond acceptors (Lipinski definition) is 4. The molecular formula is C8H13N3OS2. The van der Waals surface area contributed by atoms with Gasteiger partial charge in [-0.2, -0.15) is 11.8 Å². The van der Waals surface area contributed by atoms with Gasteiger partial charge >= 0.3 is 0 Å². The van der Waals surface area contributed by atoms with Gasteiger partial charge < -0.3 is 15.5 Å². The van der Waals surface area contributed by atoms with Crippen molar-refractivity contribution in [2.45, 2.75) is 12.7 Å². The minimum Gasteiger partial charge on any atom is -0.447 e. The maximum absolute atomic E-state index is 5.28. The van der Waals surface area contributed by atoms with Gasteiger partial charge in [-0.3, -0.25) is 0 Å². The lowest BCUT2D eigenvalue weighted by Gasteiger charge is -2.02. The molecule has 1 heterocycles. The topological polar surface area (TPSA) is 64.1 Å². The molecule has 0 fully saturated rings. The van der Waals surface area contributed by atoms with Crippen LogP contribution in [0.3, 0.4) is 0 Å². The monoisotopic (exact) mass is 231 g/mol. The first kappa shape index (κ1) is 11.3. The maximum atomic E-state index is 5.28. The van der Waals surface area contributed by atoms with Crippen molar-refractivity contribution >= 4 is 29.1 Å². The van der Waals surface area contributed by atoms with E-state index in [0.717, 1.165) is 29.5 Å². The van der Waals surface area contributed by atoms with E-state index in [9.17, 15) is 0 Å². The third-order valence-electron chi connectivity index (χ3n) is 1.62. The van der Waals surface area contributed by atoms with Crippen LogP contribution in [-0.2, 0) is 5.75 Å². The molecule has 1 aromatic rings. The highest BCUT2D eigenvalue weighted by atomic mass is 32.2. The molecule has 1 aromatic heterocycles. The van der Waals surface area contributed by atoms with Crippen molar-refractivity contribution in [1.29, 1.82) is 0 Å². The minimum absolute atomic E-state index is 0.349. The van der Waals surface area contributed by atoms with Crippen molar-refractivity contribution in [1.82, 2.24) is 10.3 Å². The van der Waals surface area contributed by atoms with Crippen LogP contribution in [0, 0.1) is 6.92 Å². The van der Waals surface area contributed by atoms with E-state index < -0.39 is 0 Å². The number of oxazole rings is 1. The quantitative estimate of drug-likeness (QED) is 0.583. The Kier molecular flexibility index (Phi) is 4.75. The van der Waals surface area contributed by atoms with Crippen LogP contribution in [0.15, 0.2) is 10.8 Å². The molecule has 0 radical (unpaired) electrons. The van der Waals surface area contributed by atoms with Crippen molar-refractivity contribution in [3.05, 3.63) is 17.8 Å². The molecule has 0 aromatic carbocycles. The van der Waals surface area contributed by atoms with E-state index >= 15 is 0 Å². The van der Waals surface area contributed by atoms with Crippen LogP contribution < -0.4 is 11.1 Å². The molecule has 0 aliphatic rings. The van der Waals surface area contributed by atoms with Crippen LogP contribution in [-0.4, -0.2) is 22.4 Å². The summed E-state index contributed by atoms with van der Waals surface area (Å²) >= 11 is 6.43. The fourth-order valence-electron chi connectivity index (χ4n) is 0.876. The molecule has 1 rings (SSSR count). The van der Waals surface area contributed by atoms with Gasteiger partial charge in [-0.1, -0.05) is 0 Å². The number of nitrogens with zero attached hydrogens (tertiary/aromatic N) is 1. The summed E-state index contributed by atoms with van der Waals surface area (Å²) in [6.07, 6.45) is 1.47. The predicted molar refractivity (Wildman–Crippen MR) is 62.2 cm³/mol. The Balaban J connectivity index is 2.10. The van der Waals surface area contributed by atoms with E-state index in [1.165, 1.54) is 6.39 Å². The number of nitrogens with two attached hydrogens (primary N) is 1. The lowest BCUT2D eigenvalue weighted by atomic mass is 10.4. The molecule has 0 saturated heterocycles. The zero-order valence-electron chi connectivity index (χ0n) is 7.95. The van der Waals surface area contributed by atoms with Crippen molar-refractivity contribution in [3.8, 4) is 0 Å². The lowest BCUT2D eigenvalue weighted by Crippen LogP contribution is -2.30. The summed E-state index contributed by atoms with van der Waals surface area (Å²) < 4.78 is 5.19. The molecule has 0 bridgehead atoms. The summed E-state index contributed by atoms with van der Waals surface area (Å²) in [5.74, 6) is 2.72. The van der Waals surface area contributed by atoms with Crippen molar-refractivity contribution in [3.63, 3.8) is 0 Å². The largest absolute Gasteiger partial charge is 0.447 e. The Labute approximate surface area is 92.6 Å². The number of thiocarbonyl (C=S) groups is 1.